The van der Waals surface area contributed by atoms with E-state index in [9.17, 15) is 4.79 Å². The summed E-state index contributed by atoms with van der Waals surface area (Å²) in [7, 11) is 0. The summed E-state index contributed by atoms with van der Waals surface area (Å²) in [6.45, 7) is 0. The first kappa shape index (κ1) is 13.1. The van der Waals surface area contributed by atoms with E-state index in [-0.39, 0.29) is 5.91 Å². The zero-order valence-corrected chi connectivity index (χ0v) is 11.7. The number of hydrogen-bond donors (Lipinski definition) is 1. The molecule has 0 atom stereocenters. The summed E-state index contributed by atoms with van der Waals surface area (Å²) in [5, 5.41) is 7.54. The monoisotopic (exact) mass is 290 g/mol. The van der Waals surface area contributed by atoms with Crippen molar-refractivity contribution in [2.75, 3.05) is 5.32 Å². The molecular weight excluding hydrogens is 276 g/mol. The van der Waals surface area contributed by atoms with Gasteiger partial charge in [0.2, 0.25) is 0 Å². The molecule has 1 fully saturated rings. The van der Waals surface area contributed by atoms with Gasteiger partial charge in [-0.2, -0.15) is 5.10 Å². The van der Waals surface area contributed by atoms with E-state index in [4.69, 9.17) is 11.6 Å². The highest BCUT2D eigenvalue weighted by Crippen LogP contribution is 2.31. The van der Waals surface area contributed by atoms with Crippen LogP contribution in [0.25, 0.3) is 0 Å². The van der Waals surface area contributed by atoms with Gasteiger partial charge in [0, 0.05) is 18.5 Å². The second kappa shape index (κ2) is 5.63. The van der Waals surface area contributed by atoms with E-state index in [2.05, 4.69) is 15.4 Å². The van der Waals surface area contributed by atoms with Crippen molar-refractivity contribution in [3.05, 3.63) is 41.3 Å². The summed E-state index contributed by atoms with van der Waals surface area (Å²) in [6.07, 6.45) is 9.38. The highest BCUT2D eigenvalue weighted by molar-refractivity contribution is 6.34. The standard InChI is InChI=1S/C14H15ClN4O/c15-12-9-16-7-5-11(12)14(20)18-13-6-8-17-19(13)10-3-1-2-4-10/h5-10H,1-4H2,(H,18,20). The van der Waals surface area contributed by atoms with Crippen LogP contribution in [0.3, 0.4) is 0 Å². The van der Waals surface area contributed by atoms with Crippen LogP contribution in [0.5, 0.6) is 0 Å². The zero-order chi connectivity index (χ0) is 13.9. The van der Waals surface area contributed by atoms with Crippen LogP contribution >= 0.6 is 11.6 Å². The summed E-state index contributed by atoms with van der Waals surface area (Å²) in [5.41, 5.74) is 0.417. The second-order valence-electron chi connectivity index (χ2n) is 4.91. The minimum absolute atomic E-state index is 0.239. The van der Waals surface area contributed by atoms with E-state index in [1.54, 1.807) is 18.5 Å². The maximum atomic E-state index is 12.2. The minimum atomic E-state index is -0.239. The van der Waals surface area contributed by atoms with Gasteiger partial charge in [0.05, 0.1) is 22.8 Å². The number of anilines is 1. The third kappa shape index (κ3) is 2.54. The lowest BCUT2D eigenvalue weighted by Crippen LogP contribution is -2.18. The zero-order valence-electron chi connectivity index (χ0n) is 10.9. The Hall–Kier alpha value is -1.88. The van der Waals surface area contributed by atoms with Gasteiger partial charge in [-0.25, -0.2) is 4.68 Å². The molecule has 20 heavy (non-hydrogen) atoms. The van der Waals surface area contributed by atoms with Gasteiger partial charge in [-0.15, -0.1) is 0 Å². The van der Waals surface area contributed by atoms with Crippen molar-refractivity contribution in [3.63, 3.8) is 0 Å². The van der Waals surface area contributed by atoms with Crippen LogP contribution in [0.2, 0.25) is 5.02 Å². The number of nitrogens with zero attached hydrogens (tertiary/aromatic N) is 3. The molecule has 0 spiro atoms. The fraction of sp³-hybridized carbons (Fsp3) is 0.357. The smallest absolute Gasteiger partial charge is 0.258 e. The van der Waals surface area contributed by atoms with Gasteiger partial charge in [0.1, 0.15) is 5.82 Å². The van der Waals surface area contributed by atoms with Crippen molar-refractivity contribution in [3.8, 4) is 0 Å². The molecule has 0 unspecified atom stereocenters. The van der Waals surface area contributed by atoms with E-state index < -0.39 is 0 Å². The molecule has 2 heterocycles. The molecule has 0 radical (unpaired) electrons. The topological polar surface area (TPSA) is 59.8 Å². The van der Waals surface area contributed by atoms with E-state index in [0.717, 1.165) is 18.7 Å². The van der Waals surface area contributed by atoms with Crippen molar-refractivity contribution in [1.82, 2.24) is 14.8 Å². The molecule has 104 valence electrons. The van der Waals surface area contributed by atoms with Crippen LogP contribution < -0.4 is 5.32 Å². The number of halogens is 1. The third-order valence-electron chi connectivity index (χ3n) is 3.60. The van der Waals surface area contributed by atoms with Crippen molar-refractivity contribution in [2.24, 2.45) is 0 Å². The first-order valence-electron chi connectivity index (χ1n) is 6.70. The van der Waals surface area contributed by atoms with E-state index in [1.807, 2.05) is 10.7 Å². The van der Waals surface area contributed by atoms with Gasteiger partial charge < -0.3 is 5.32 Å². The molecule has 0 aromatic carbocycles. The highest BCUT2D eigenvalue weighted by Gasteiger charge is 2.21. The number of nitrogens with one attached hydrogen (secondary N) is 1. The molecule has 0 aliphatic heterocycles. The van der Waals surface area contributed by atoms with Crippen LogP contribution in [0.4, 0.5) is 5.82 Å². The largest absolute Gasteiger partial charge is 0.307 e. The van der Waals surface area contributed by atoms with Gasteiger partial charge in [-0.05, 0) is 18.9 Å². The number of hydrogen-bond acceptors (Lipinski definition) is 3. The molecular formula is C14H15ClN4O. The molecule has 1 N–H and O–H groups in total. The van der Waals surface area contributed by atoms with Crippen molar-refractivity contribution >= 4 is 23.3 Å². The summed E-state index contributed by atoms with van der Waals surface area (Å²) in [6, 6.07) is 3.80. The number of aromatic nitrogens is 3. The lowest BCUT2D eigenvalue weighted by Gasteiger charge is -2.14. The van der Waals surface area contributed by atoms with E-state index in [1.165, 1.54) is 19.0 Å². The summed E-state index contributed by atoms with van der Waals surface area (Å²) in [4.78, 5) is 16.1. The van der Waals surface area contributed by atoms with Crippen LogP contribution in [-0.4, -0.2) is 20.7 Å². The fourth-order valence-corrected chi connectivity index (χ4v) is 2.80. The number of carbonyl (C=O) groups excluding carboxylic acids is 1. The molecule has 1 aliphatic carbocycles. The van der Waals surface area contributed by atoms with Gasteiger partial charge in [0.15, 0.2) is 0 Å². The SMILES string of the molecule is O=C(Nc1ccnn1C1CCCC1)c1ccncc1Cl. The Kier molecular flexibility index (Phi) is 3.69. The maximum Gasteiger partial charge on any atom is 0.258 e. The van der Waals surface area contributed by atoms with Crippen molar-refractivity contribution in [2.45, 2.75) is 31.7 Å². The minimum Gasteiger partial charge on any atom is -0.307 e. The predicted molar refractivity (Wildman–Crippen MR) is 76.9 cm³/mol. The predicted octanol–water partition coefficient (Wildman–Crippen LogP) is 3.30. The van der Waals surface area contributed by atoms with Crippen molar-refractivity contribution in [1.29, 1.82) is 0 Å². The van der Waals surface area contributed by atoms with E-state index in [0.29, 0.717) is 16.6 Å². The van der Waals surface area contributed by atoms with E-state index >= 15 is 0 Å². The normalized spacial score (nSPS) is 15.4. The average Bonchev–Trinajstić information content (AvgIpc) is 3.09. The molecule has 5 nitrogen and oxygen atoms in total. The highest BCUT2D eigenvalue weighted by atomic mass is 35.5. The quantitative estimate of drug-likeness (QED) is 0.943. The molecule has 6 heteroatoms. The fourth-order valence-electron chi connectivity index (χ4n) is 2.60. The molecule has 1 amide bonds. The van der Waals surface area contributed by atoms with Crippen LogP contribution in [0, 0.1) is 0 Å². The van der Waals surface area contributed by atoms with Gasteiger partial charge in [-0.3, -0.25) is 9.78 Å². The Morgan fingerprint density at radius 1 is 1.30 bits per heavy atom. The first-order chi connectivity index (χ1) is 9.75. The molecule has 2 aromatic rings. The number of amides is 1. The first-order valence-corrected chi connectivity index (χ1v) is 7.08. The Bertz CT molecular complexity index is 619. The van der Waals surface area contributed by atoms with Crippen LogP contribution in [0.1, 0.15) is 42.1 Å². The molecule has 0 saturated heterocycles. The molecule has 1 saturated carbocycles. The summed E-state index contributed by atoms with van der Waals surface area (Å²) < 4.78 is 1.90. The Labute approximate surface area is 122 Å². The van der Waals surface area contributed by atoms with Gasteiger partial charge in [0.25, 0.3) is 5.91 Å². The lowest BCUT2D eigenvalue weighted by atomic mass is 10.2. The molecule has 0 bridgehead atoms. The molecule has 2 aromatic heterocycles. The number of pyridine rings is 1. The van der Waals surface area contributed by atoms with Crippen LogP contribution in [0.15, 0.2) is 30.7 Å². The second-order valence-corrected chi connectivity index (χ2v) is 5.32. The number of rotatable bonds is 3. The summed E-state index contributed by atoms with van der Waals surface area (Å²) >= 11 is 5.98. The summed E-state index contributed by atoms with van der Waals surface area (Å²) in [5.74, 6) is 0.479. The third-order valence-corrected chi connectivity index (χ3v) is 3.90. The molecule has 1 aliphatic rings. The number of carbonyl (C=O) groups is 1. The Balaban J connectivity index is 1.80. The molecule has 3 rings (SSSR count). The Morgan fingerprint density at radius 2 is 2.10 bits per heavy atom. The van der Waals surface area contributed by atoms with Gasteiger partial charge in [-0.1, -0.05) is 24.4 Å². The van der Waals surface area contributed by atoms with Crippen LogP contribution in [-0.2, 0) is 0 Å². The average molecular weight is 291 g/mol. The Morgan fingerprint density at radius 3 is 2.85 bits per heavy atom. The maximum absolute atomic E-state index is 12.2. The van der Waals surface area contributed by atoms with Gasteiger partial charge >= 0.3 is 0 Å². The van der Waals surface area contributed by atoms with Crippen molar-refractivity contribution < 1.29 is 4.79 Å². The lowest BCUT2D eigenvalue weighted by molar-refractivity contribution is 0.102.